The van der Waals surface area contributed by atoms with Gasteiger partial charge < -0.3 is 5.32 Å². The quantitative estimate of drug-likeness (QED) is 0.871. The van der Waals surface area contributed by atoms with E-state index in [9.17, 15) is 4.39 Å². The summed E-state index contributed by atoms with van der Waals surface area (Å²) in [6, 6.07) is 12.3. The normalized spacial score (nSPS) is 12.4. The van der Waals surface area contributed by atoms with Gasteiger partial charge in [-0.3, -0.25) is 0 Å². The molecule has 1 N–H and O–H groups in total. The zero-order valence-electron chi connectivity index (χ0n) is 9.75. The van der Waals surface area contributed by atoms with Gasteiger partial charge in [-0.05, 0) is 36.9 Å². The lowest BCUT2D eigenvalue weighted by molar-refractivity contribution is 0.575. The summed E-state index contributed by atoms with van der Waals surface area (Å²) in [6.45, 7) is 0. The highest BCUT2D eigenvalue weighted by atomic mass is 79.9. The number of halogens is 3. The standard InChI is InChI=1S/C14H12BrClFN/c1-18-14(9-3-2-4-11(16)7-9)12-6-5-10(15)8-13(12)17/h2-8,14,18H,1H3. The minimum Gasteiger partial charge on any atom is -0.309 e. The van der Waals surface area contributed by atoms with Crippen molar-refractivity contribution >= 4 is 27.5 Å². The zero-order valence-corrected chi connectivity index (χ0v) is 12.1. The highest BCUT2D eigenvalue weighted by molar-refractivity contribution is 9.10. The van der Waals surface area contributed by atoms with Crippen molar-refractivity contribution in [2.24, 2.45) is 0 Å². The smallest absolute Gasteiger partial charge is 0.129 e. The van der Waals surface area contributed by atoms with Gasteiger partial charge in [0.15, 0.2) is 0 Å². The number of hydrogen-bond acceptors (Lipinski definition) is 1. The van der Waals surface area contributed by atoms with Crippen LogP contribution in [-0.4, -0.2) is 7.05 Å². The molecule has 0 saturated heterocycles. The molecule has 1 nitrogen and oxygen atoms in total. The summed E-state index contributed by atoms with van der Waals surface area (Å²) in [7, 11) is 1.80. The van der Waals surface area contributed by atoms with E-state index in [1.54, 1.807) is 19.2 Å². The summed E-state index contributed by atoms with van der Waals surface area (Å²) in [5.74, 6) is -0.247. The van der Waals surface area contributed by atoms with E-state index in [1.807, 2.05) is 24.3 Å². The van der Waals surface area contributed by atoms with Crippen LogP contribution in [0.3, 0.4) is 0 Å². The van der Waals surface area contributed by atoms with Gasteiger partial charge >= 0.3 is 0 Å². The van der Waals surface area contributed by atoms with E-state index >= 15 is 0 Å². The largest absolute Gasteiger partial charge is 0.309 e. The Hall–Kier alpha value is -0.900. The molecule has 94 valence electrons. The maximum Gasteiger partial charge on any atom is 0.129 e. The van der Waals surface area contributed by atoms with Gasteiger partial charge in [-0.25, -0.2) is 4.39 Å². The molecule has 0 aromatic heterocycles. The fourth-order valence-corrected chi connectivity index (χ4v) is 2.46. The first-order valence-corrected chi connectivity index (χ1v) is 6.66. The third-order valence-electron chi connectivity index (χ3n) is 2.74. The molecule has 0 amide bonds. The molecule has 0 bridgehead atoms. The second-order valence-electron chi connectivity index (χ2n) is 3.94. The average molecular weight is 329 g/mol. The van der Waals surface area contributed by atoms with E-state index in [1.165, 1.54) is 6.07 Å². The molecule has 18 heavy (non-hydrogen) atoms. The molecule has 2 aromatic carbocycles. The fraction of sp³-hybridized carbons (Fsp3) is 0.143. The van der Waals surface area contributed by atoms with Crippen LogP contribution in [0.25, 0.3) is 0 Å². The Morgan fingerprint density at radius 1 is 1.22 bits per heavy atom. The summed E-state index contributed by atoms with van der Waals surface area (Å²) in [4.78, 5) is 0. The van der Waals surface area contributed by atoms with Gasteiger partial charge in [0.2, 0.25) is 0 Å². The second-order valence-corrected chi connectivity index (χ2v) is 5.29. The zero-order chi connectivity index (χ0) is 13.1. The Morgan fingerprint density at radius 3 is 2.61 bits per heavy atom. The van der Waals surface area contributed by atoms with Crippen LogP contribution < -0.4 is 5.32 Å². The predicted octanol–water partition coefficient (Wildman–Crippen LogP) is 4.55. The summed E-state index contributed by atoms with van der Waals surface area (Å²) in [5.41, 5.74) is 1.54. The molecule has 1 atom stereocenters. The van der Waals surface area contributed by atoms with Crippen molar-refractivity contribution in [3.63, 3.8) is 0 Å². The van der Waals surface area contributed by atoms with Gasteiger partial charge in [-0.1, -0.05) is 45.7 Å². The lowest BCUT2D eigenvalue weighted by atomic mass is 9.98. The van der Waals surface area contributed by atoms with Gasteiger partial charge in [0.05, 0.1) is 6.04 Å². The number of nitrogens with one attached hydrogen (secondary N) is 1. The van der Waals surface area contributed by atoms with E-state index in [0.717, 1.165) is 10.0 Å². The SMILES string of the molecule is CNC(c1cccc(Cl)c1)c1ccc(Br)cc1F. The number of hydrogen-bond donors (Lipinski definition) is 1. The van der Waals surface area contributed by atoms with Crippen LogP contribution in [0, 0.1) is 5.82 Å². The van der Waals surface area contributed by atoms with Crippen molar-refractivity contribution in [3.05, 3.63) is 68.9 Å². The van der Waals surface area contributed by atoms with Crippen molar-refractivity contribution < 1.29 is 4.39 Å². The van der Waals surface area contributed by atoms with Crippen molar-refractivity contribution in [1.82, 2.24) is 5.32 Å². The molecule has 0 radical (unpaired) electrons. The minimum atomic E-state index is -0.247. The van der Waals surface area contributed by atoms with Crippen LogP contribution in [0.2, 0.25) is 5.02 Å². The van der Waals surface area contributed by atoms with Crippen LogP contribution in [-0.2, 0) is 0 Å². The highest BCUT2D eigenvalue weighted by Gasteiger charge is 2.16. The molecule has 1 unspecified atom stereocenters. The third-order valence-corrected chi connectivity index (χ3v) is 3.47. The number of rotatable bonds is 3. The van der Waals surface area contributed by atoms with Gasteiger partial charge in [0.25, 0.3) is 0 Å². The maximum atomic E-state index is 14.0. The molecule has 0 aliphatic carbocycles. The van der Waals surface area contributed by atoms with E-state index in [0.29, 0.717) is 10.6 Å². The summed E-state index contributed by atoms with van der Waals surface area (Å²) < 4.78 is 14.7. The highest BCUT2D eigenvalue weighted by Crippen LogP contribution is 2.27. The second kappa shape index (κ2) is 5.83. The Kier molecular flexibility index (Phi) is 4.38. The van der Waals surface area contributed by atoms with Crippen LogP contribution in [0.5, 0.6) is 0 Å². The Labute approximate surface area is 119 Å². The Balaban J connectivity index is 2.45. The Bertz CT molecular complexity index is 559. The first-order valence-electron chi connectivity index (χ1n) is 5.49. The van der Waals surface area contributed by atoms with Gasteiger partial charge in [-0.15, -0.1) is 0 Å². The minimum absolute atomic E-state index is 0.211. The molecule has 4 heteroatoms. The fourth-order valence-electron chi connectivity index (χ4n) is 1.92. The van der Waals surface area contributed by atoms with Crippen LogP contribution in [0.1, 0.15) is 17.2 Å². The Morgan fingerprint density at radius 2 is 2.00 bits per heavy atom. The van der Waals surface area contributed by atoms with E-state index in [4.69, 9.17) is 11.6 Å². The molecule has 0 aliphatic heterocycles. The molecule has 0 saturated carbocycles. The maximum absolute atomic E-state index is 14.0. The molecule has 2 rings (SSSR count). The average Bonchev–Trinajstić information content (AvgIpc) is 2.33. The predicted molar refractivity (Wildman–Crippen MR) is 76.5 cm³/mol. The monoisotopic (exact) mass is 327 g/mol. The molecular formula is C14H12BrClFN. The first-order chi connectivity index (χ1) is 8.61. The summed E-state index contributed by atoms with van der Waals surface area (Å²) >= 11 is 9.22. The van der Waals surface area contributed by atoms with Gasteiger partial charge in [0, 0.05) is 15.1 Å². The molecule has 0 heterocycles. The van der Waals surface area contributed by atoms with Gasteiger partial charge in [-0.2, -0.15) is 0 Å². The lowest BCUT2D eigenvalue weighted by Gasteiger charge is -2.18. The van der Waals surface area contributed by atoms with Gasteiger partial charge in [0.1, 0.15) is 5.82 Å². The molecule has 0 spiro atoms. The van der Waals surface area contributed by atoms with E-state index < -0.39 is 0 Å². The third kappa shape index (κ3) is 2.91. The lowest BCUT2D eigenvalue weighted by Crippen LogP contribution is -2.18. The molecule has 2 aromatic rings. The van der Waals surface area contributed by atoms with Crippen molar-refractivity contribution in [3.8, 4) is 0 Å². The van der Waals surface area contributed by atoms with Crippen molar-refractivity contribution in [2.45, 2.75) is 6.04 Å². The summed E-state index contributed by atoms with van der Waals surface area (Å²) in [6.07, 6.45) is 0. The summed E-state index contributed by atoms with van der Waals surface area (Å²) in [5, 5.41) is 3.75. The molecule has 0 aliphatic rings. The number of benzene rings is 2. The van der Waals surface area contributed by atoms with E-state index in [2.05, 4.69) is 21.2 Å². The van der Waals surface area contributed by atoms with Crippen LogP contribution in [0.4, 0.5) is 4.39 Å². The molecule has 0 fully saturated rings. The van der Waals surface area contributed by atoms with Crippen molar-refractivity contribution in [2.75, 3.05) is 7.05 Å². The van der Waals surface area contributed by atoms with Crippen LogP contribution >= 0.6 is 27.5 Å². The molecular weight excluding hydrogens is 317 g/mol. The van der Waals surface area contributed by atoms with Crippen molar-refractivity contribution in [1.29, 1.82) is 0 Å². The van der Waals surface area contributed by atoms with E-state index in [-0.39, 0.29) is 11.9 Å². The first kappa shape index (κ1) is 13.5. The van der Waals surface area contributed by atoms with Crippen LogP contribution in [0.15, 0.2) is 46.9 Å². The topological polar surface area (TPSA) is 12.0 Å².